The van der Waals surface area contributed by atoms with E-state index in [9.17, 15) is 14.7 Å². The Morgan fingerprint density at radius 2 is 1.78 bits per heavy atom. The van der Waals surface area contributed by atoms with E-state index in [1.165, 1.54) is 16.8 Å². The Balaban J connectivity index is 1.30. The number of amides is 1. The number of rotatable bonds is 9. The number of carboxylic acid groups (broad SMARTS) is 1. The molecular formula is C27H31N5O4. The standard InChI is InChI=1S/C27H31N5O4/c1-18-26(35)25(27(36)29-17-24(33)34)31-23(30-18)15-20-10-13-32(14-11-20)22-8-6-19(7-9-22)4-5-21-3-2-12-28-16-21/h2-3,6-9,12,16,20,35H,4-5,10-11,13-15,17H2,1H3,(H,29,36)(H,33,34). The Hall–Kier alpha value is -4.01. The maximum Gasteiger partial charge on any atom is 0.322 e. The fourth-order valence-corrected chi connectivity index (χ4v) is 4.48. The van der Waals surface area contributed by atoms with Crippen LogP contribution in [0.1, 0.15) is 46.0 Å². The summed E-state index contributed by atoms with van der Waals surface area (Å²) >= 11 is 0. The Labute approximate surface area is 210 Å². The van der Waals surface area contributed by atoms with Gasteiger partial charge in [0, 0.05) is 37.6 Å². The van der Waals surface area contributed by atoms with E-state index in [1.54, 1.807) is 13.1 Å². The molecule has 1 aliphatic rings. The number of carbonyl (C=O) groups is 2. The molecule has 2 aromatic heterocycles. The molecule has 0 bridgehead atoms. The number of nitrogens with zero attached hydrogens (tertiary/aromatic N) is 4. The second-order valence-electron chi connectivity index (χ2n) is 9.16. The highest BCUT2D eigenvalue weighted by Crippen LogP contribution is 2.27. The zero-order chi connectivity index (χ0) is 25.5. The van der Waals surface area contributed by atoms with Crippen LogP contribution in [0.25, 0.3) is 0 Å². The van der Waals surface area contributed by atoms with Gasteiger partial charge >= 0.3 is 5.97 Å². The van der Waals surface area contributed by atoms with Crippen LogP contribution in [0.3, 0.4) is 0 Å². The molecular weight excluding hydrogens is 458 g/mol. The Kier molecular flexibility index (Phi) is 8.10. The predicted molar refractivity (Wildman–Crippen MR) is 135 cm³/mol. The van der Waals surface area contributed by atoms with E-state index in [0.717, 1.165) is 38.8 Å². The quantitative estimate of drug-likeness (QED) is 0.419. The van der Waals surface area contributed by atoms with E-state index in [0.29, 0.717) is 23.9 Å². The third-order valence-electron chi connectivity index (χ3n) is 6.53. The first kappa shape index (κ1) is 25.1. The van der Waals surface area contributed by atoms with E-state index in [1.807, 2.05) is 12.3 Å². The van der Waals surface area contributed by atoms with Gasteiger partial charge in [-0.1, -0.05) is 18.2 Å². The molecule has 0 unspecified atom stereocenters. The zero-order valence-electron chi connectivity index (χ0n) is 20.4. The van der Waals surface area contributed by atoms with Crippen LogP contribution in [0.4, 0.5) is 5.69 Å². The van der Waals surface area contributed by atoms with Gasteiger partial charge in [0.15, 0.2) is 11.4 Å². The van der Waals surface area contributed by atoms with Gasteiger partial charge in [0.2, 0.25) is 0 Å². The largest absolute Gasteiger partial charge is 0.504 e. The number of carboxylic acids is 1. The number of aromatic hydroxyl groups is 1. The summed E-state index contributed by atoms with van der Waals surface area (Å²) < 4.78 is 0. The number of pyridine rings is 1. The van der Waals surface area contributed by atoms with Crippen molar-refractivity contribution < 1.29 is 19.8 Å². The van der Waals surface area contributed by atoms with Crippen LogP contribution < -0.4 is 10.2 Å². The summed E-state index contributed by atoms with van der Waals surface area (Å²) in [7, 11) is 0. The fraction of sp³-hybridized carbons (Fsp3) is 0.370. The van der Waals surface area contributed by atoms with Crippen molar-refractivity contribution in [2.45, 2.75) is 39.0 Å². The number of benzene rings is 1. The molecule has 0 atom stereocenters. The van der Waals surface area contributed by atoms with E-state index in [2.05, 4.69) is 55.5 Å². The van der Waals surface area contributed by atoms with Crippen LogP contribution in [0.5, 0.6) is 5.75 Å². The van der Waals surface area contributed by atoms with Crippen LogP contribution in [-0.4, -0.2) is 56.7 Å². The monoisotopic (exact) mass is 489 g/mol. The molecule has 3 aromatic rings. The lowest BCUT2D eigenvalue weighted by atomic mass is 9.92. The molecule has 9 nitrogen and oxygen atoms in total. The normalized spacial score (nSPS) is 14.0. The van der Waals surface area contributed by atoms with Crippen LogP contribution in [0.15, 0.2) is 48.8 Å². The maximum atomic E-state index is 12.3. The highest BCUT2D eigenvalue weighted by Gasteiger charge is 2.23. The van der Waals surface area contributed by atoms with Gasteiger partial charge in [-0.15, -0.1) is 0 Å². The molecule has 3 heterocycles. The lowest BCUT2D eigenvalue weighted by Crippen LogP contribution is -2.34. The molecule has 1 aliphatic heterocycles. The number of carbonyl (C=O) groups excluding carboxylic acids is 1. The summed E-state index contributed by atoms with van der Waals surface area (Å²) in [5.74, 6) is -1.36. The summed E-state index contributed by atoms with van der Waals surface area (Å²) in [6.07, 6.45) is 8.19. The maximum absolute atomic E-state index is 12.3. The second-order valence-corrected chi connectivity index (χ2v) is 9.16. The number of anilines is 1. The van der Waals surface area contributed by atoms with Crippen molar-refractivity contribution in [3.05, 3.63) is 77.1 Å². The van der Waals surface area contributed by atoms with Crippen LogP contribution in [0, 0.1) is 12.8 Å². The van der Waals surface area contributed by atoms with Gasteiger partial charge in [0.05, 0.1) is 5.69 Å². The minimum atomic E-state index is -1.17. The van der Waals surface area contributed by atoms with Crippen LogP contribution in [-0.2, 0) is 24.1 Å². The van der Waals surface area contributed by atoms with E-state index in [-0.39, 0.29) is 11.4 Å². The molecule has 1 fully saturated rings. The molecule has 1 saturated heterocycles. The number of nitrogens with one attached hydrogen (secondary N) is 1. The smallest absolute Gasteiger partial charge is 0.322 e. The first-order chi connectivity index (χ1) is 17.4. The average molecular weight is 490 g/mol. The van der Waals surface area contributed by atoms with Crippen molar-refractivity contribution >= 4 is 17.6 Å². The number of hydrogen-bond donors (Lipinski definition) is 3. The average Bonchev–Trinajstić information content (AvgIpc) is 2.89. The van der Waals surface area contributed by atoms with Gasteiger partial charge in [-0.25, -0.2) is 9.97 Å². The lowest BCUT2D eigenvalue weighted by Gasteiger charge is -2.33. The Morgan fingerprint density at radius 3 is 2.44 bits per heavy atom. The molecule has 1 aromatic carbocycles. The SMILES string of the molecule is Cc1nc(CC2CCN(c3ccc(CCc4cccnc4)cc3)CC2)nc(C(=O)NCC(=O)O)c1O. The fourth-order valence-electron chi connectivity index (χ4n) is 4.48. The number of aryl methyl sites for hydroxylation is 3. The molecule has 36 heavy (non-hydrogen) atoms. The lowest BCUT2D eigenvalue weighted by molar-refractivity contribution is -0.135. The third-order valence-corrected chi connectivity index (χ3v) is 6.53. The predicted octanol–water partition coefficient (Wildman–Crippen LogP) is 2.94. The van der Waals surface area contributed by atoms with Crippen molar-refractivity contribution in [3.63, 3.8) is 0 Å². The van der Waals surface area contributed by atoms with Gasteiger partial charge in [-0.05, 0) is 67.9 Å². The molecule has 0 aliphatic carbocycles. The molecule has 0 radical (unpaired) electrons. The molecule has 9 heteroatoms. The van der Waals surface area contributed by atoms with Gasteiger partial charge in [-0.2, -0.15) is 0 Å². The number of aromatic nitrogens is 3. The first-order valence-corrected chi connectivity index (χ1v) is 12.2. The molecule has 1 amide bonds. The summed E-state index contributed by atoms with van der Waals surface area (Å²) in [6.45, 7) is 2.91. The summed E-state index contributed by atoms with van der Waals surface area (Å²) in [5.41, 5.74) is 3.89. The molecule has 3 N–H and O–H groups in total. The summed E-state index contributed by atoms with van der Waals surface area (Å²) in [5, 5.41) is 21.2. The van der Waals surface area contributed by atoms with Gasteiger partial charge in [-0.3, -0.25) is 14.6 Å². The topological polar surface area (TPSA) is 129 Å². The molecule has 4 rings (SSSR count). The number of piperidine rings is 1. The van der Waals surface area contributed by atoms with Gasteiger partial charge in [0.1, 0.15) is 12.4 Å². The van der Waals surface area contributed by atoms with Crippen molar-refractivity contribution in [2.75, 3.05) is 24.5 Å². The van der Waals surface area contributed by atoms with Crippen molar-refractivity contribution in [3.8, 4) is 5.75 Å². The number of aliphatic carboxylic acids is 1. The van der Waals surface area contributed by atoms with Crippen molar-refractivity contribution in [1.82, 2.24) is 20.3 Å². The number of hydrogen-bond acceptors (Lipinski definition) is 7. The Bertz CT molecular complexity index is 1190. The molecule has 0 saturated carbocycles. The third kappa shape index (κ3) is 6.56. The summed E-state index contributed by atoms with van der Waals surface area (Å²) in [6, 6.07) is 12.8. The highest BCUT2D eigenvalue weighted by molar-refractivity contribution is 5.96. The molecule has 188 valence electrons. The minimum absolute atomic E-state index is 0.181. The van der Waals surface area contributed by atoms with E-state index in [4.69, 9.17) is 5.11 Å². The zero-order valence-corrected chi connectivity index (χ0v) is 20.4. The Morgan fingerprint density at radius 1 is 1.06 bits per heavy atom. The highest BCUT2D eigenvalue weighted by atomic mass is 16.4. The van der Waals surface area contributed by atoms with Crippen molar-refractivity contribution in [2.24, 2.45) is 5.92 Å². The minimum Gasteiger partial charge on any atom is -0.504 e. The second kappa shape index (κ2) is 11.6. The van der Waals surface area contributed by atoms with Crippen molar-refractivity contribution in [1.29, 1.82) is 0 Å². The first-order valence-electron chi connectivity index (χ1n) is 12.2. The molecule has 0 spiro atoms. The van der Waals surface area contributed by atoms with Gasteiger partial charge in [0.25, 0.3) is 5.91 Å². The van der Waals surface area contributed by atoms with Crippen LogP contribution in [0.2, 0.25) is 0 Å². The summed E-state index contributed by atoms with van der Waals surface area (Å²) in [4.78, 5) is 38.2. The van der Waals surface area contributed by atoms with E-state index < -0.39 is 18.4 Å². The van der Waals surface area contributed by atoms with Crippen LogP contribution >= 0.6 is 0 Å². The van der Waals surface area contributed by atoms with E-state index >= 15 is 0 Å². The van der Waals surface area contributed by atoms with Gasteiger partial charge < -0.3 is 20.4 Å².